The summed E-state index contributed by atoms with van der Waals surface area (Å²) in [6.45, 7) is 0. The number of phenolic OH excluding ortho intramolecular Hbond substituents is 1. The van der Waals surface area contributed by atoms with Crippen molar-refractivity contribution in [1.29, 1.82) is 0 Å². The average Bonchev–Trinajstić information content (AvgIpc) is 2.59. The molecule has 4 rings (SSSR count). The van der Waals surface area contributed by atoms with E-state index in [0.717, 1.165) is 16.3 Å². The maximum absolute atomic E-state index is 9.52. The Morgan fingerprint density at radius 2 is 1.04 bits per heavy atom. The Labute approximate surface area is 135 Å². The van der Waals surface area contributed by atoms with Gasteiger partial charge in [0.25, 0.3) is 0 Å². The van der Waals surface area contributed by atoms with Gasteiger partial charge in [-0.1, -0.05) is 66.7 Å². The van der Waals surface area contributed by atoms with E-state index in [0.29, 0.717) is 5.75 Å². The third-order valence-electron chi connectivity index (χ3n) is 4.09. The van der Waals surface area contributed by atoms with Gasteiger partial charge in [-0.25, -0.2) is 0 Å². The first kappa shape index (κ1) is 13.6. The molecule has 0 aromatic heterocycles. The minimum Gasteiger partial charge on any atom is -0.508 e. The van der Waals surface area contributed by atoms with Gasteiger partial charge in [0.1, 0.15) is 5.75 Å². The average molecular weight is 296 g/mol. The van der Waals surface area contributed by atoms with Gasteiger partial charge < -0.3 is 5.11 Å². The van der Waals surface area contributed by atoms with Crippen molar-refractivity contribution in [2.24, 2.45) is 0 Å². The summed E-state index contributed by atoms with van der Waals surface area (Å²) in [6.07, 6.45) is 4.25. The molecule has 1 N–H and O–H groups in total. The molecule has 0 saturated carbocycles. The summed E-state index contributed by atoms with van der Waals surface area (Å²) in [5, 5.41) is 14.2. The zero-order valence-electron chi connectivity index (χ0n) is 12.6. The second-order valence-corrected chi connectivity index (χ2v) is 5.73. The zero-order valence-corrected chi connectivity index (χ0v) is 12.6. The van der Waals surface area contributed by atoms with Crippen molar-refractivity contribution in [2.45, 2.75) is 0 Å². The van der Waals surface area contributed by atoms with Gasteiger partial charge in [0.05, 0.1) is 0 Å². The lowest BCUT2D eigenvalue weighted by molar-refractivity contribution is 0.476. The van der Waals surface area contributed by atoms with Crippen molar-refractivity contribution < 1.29 is 5.11 Å². The third-order valence-corrected chi connectivity index (χ3v) is 4.09. The van der Waals surface area contributed by atoms with Gasteiger partial charge in [0, 0.05) is 0 Å². The summed E-state index contributed by atoms with van der Waals surface area (Å²) in [6, 6.07) is 26.6. The van der Waals surface area contributed by atoms with Crippen LogP contribution in [0.2, 0.25) is 0 Å². The molecule has 1 nitrogen and oxygen atoms in total. The Hall–Kier alpha value is -3.06. The van der Waals surface area contributed by atoms with Crippen molar-refractivity contribution in [3.63, 3.8) is 0 Å². The molecule has 0 amide bonds. The summed E-state index contributed by atoms with van der Waals surface area (Å²) < 4.78 is 0. The highest BCUT2D eigenvalue weighted by Gasteiger charge is 1.97. The van der Waals surface area contributed by atoms with Crippen LogP contribution < -0.4 is 0 Å². The first-order chi connectivity index (χ1) is 11.3. The van der Waals surface area contributed by atoms with Crippen molar-refractivity contribution >= 4 is 33.7 Å². The quantitative estimate of drug-likeness (QED) is 0.459. The fraction of sp³-hybridized carbons (Fsp3) is 0. The van der Waals surface area contributed by atoms with E-state index in [2.05, 4.69) is 66.7 Å². The zero-order chi connectivity index (χ0) is 15.6. The van der Waals surface area contributed by atoms with Crippen LogP contribution >= 0.6 is 0 Å². The number of benzene rings is 4. The minimum atomic E-state index is 0.303. The largest absolute Gasteiger partial charge is 0.508 e. The fourth-order valence-corrected chi connectivity index (χ4v) is 2.86. The molecule has 0 spiro atoms. The Bertz CT molecular complexity index is 1030. The van der Waals surface area contributed by atoms with Gasteiger partial charge in [0.15, 0.2) is 0 Å². The van der Waals surface area contributed by atoms with Gasteiger partial charge in [-0.15, -0.1) is 0 Å². The summed E-state index contributed by atoms with van der Waals surface area (Å²) in [5.41, 5.74) is 2.34. The van der Waals surface area contributed by atoms with E-state index in [9.17, 15) is 5.11 Å². The Morgan fingerprint density at radius 3 is 1.78 bits per heavy atom. The Balaban J connectivity index is 1.67. The molecule has 0 saturated heterocycles. The third kappa shape index (κ3) is 2.82. The lowest BCUT2D eigenvalue weighted by atomic mass is 10.0. The highest BCUT2D eigenvalue weighted by atomic mass is 16.3. The predicted molar refractivity (Wildman–Crippen MR) is 98.5 cm³/mol. The van der Waals surface area contributed by atoms with E-state index in [1.807, 2.05) is 12.1 Å². The molecule has 0 aliphatic heterocycles. The van der Waals surface area contributed by atoms with E-state index in [1.54, 1.807) is 12.1 Å². The lowest BCUT2D eigenvalue weighted by Gasteiger charge is -2.02. The van der Waals surface area contributed by atoms with Gasteiger partial charge in [-0.2, -0.15) is 0 Å². The Kier molecular flexibility index (Phi) is 3.32. The van der Waals surface area contributed by atoms with E-state index in [1.165, 1.54) is 16.3 Å². The van der Waals surface area contributed by atoms with Crippen molar-refractivity contribution in [3.8, 4) is 5.75 Å². The number of aromatic hydroxyl groups is 1. The highest BCUT2D eigenvalue weighted by molar-refractivity contribution is 5.88. The molecule has 4 aromatic carbocycles. The van der Waals surface area contributed by atoms with Crippen LogP contribution in [-0.4, -0.2) is 5.11 Å². The van der Waals surface area contributed by atoms with E-state index in [4.69, 9.17) is 0 Å². The van der Waals surface area contributed by atoms with Gasteiger partial charge in [-0.3, -0.25) is 0 Å². The number of phenols is 1. The molecule has 0 heterocycles. The SMILES string of the molecule is Oc1ccc2cc(/C=C/c3ccc4ccccc4c3)ccc2c1. The number of fused-ring (bicyclic) bond motifs is 2. The van der Waals surface area contributed by atoms with Gasteiger partial charge in [0.2, 0.25) is 0 Å². The molecule has 0 atom stereocenters. The smallest absolute Gasteiger partial charge is 0.116 e. The lowest BCUT2D eigenvalue weighted by Crippen LogP contribution is -1.77. The maximum Gasteiger partial charge on any atom is 0.116 e. The molecule has 0 aliphatic rings. The number of hydrogen-bond donors (Lipinski definition) is 1. The second kappa shape index (κ2) is 5.62. The summed E-state index contributed by atoms with van der Waals surface area (Å²) in [4.78, 5) is 0. The highest BCUT2D eigenvalue weighted by Crippen LogP contribution is 2.22. The van der Waals surface area contributed by atoms with Crippen molar-refractivity contribution in [2.75, 3.05) is 0 Å². The normalized spacial score (nSPS) is 11.5. The summed E-state index contributed by atoms with van der Waals surface area (Å²) in [7, 11) is 0. The summed E-state index contributed by atoms with van der Waals surface area (Å²) >= 11 is 0. The second-order valence-electron chi connectivity index (χ2n) is 5.73. The molecule has 0 radical (unpaired) electrons. The van der Waals surface area contributed by atoms with E-state index in [-0.39, 0.29) is 0 Å². The molecule has 23 heavy (non-hydrogen) atoms. The molecular weight excluding hydrogens is 280 g/mol. The molecule has 110 valence electrons. The monoisotopic (exact) mass is 296 g/mol. The van der Waals surface area contributed by atoms with Crippen LogP contribution in [0, 0.1) is 0 Å². The molecule has 4 aromatic rings. The van der Waals surface area contributed by atoms with E-state index < -0.39 is 0 Å². The van der Waals surface area contributed by atoms with Gasteiger partial charge in [-0.05, 0) is 56.9 Å². The maximum atomic E-state index is 9.52. The van der Waals surface area contributed by atoms with Crippen LogP contribution in [0.1, 0.15) is 11.1 Å². The molecule has 1 heteroatoms. The summed E-state index contributed by atoms with van der Waals surface area (Å²) in [5.74, 6) is 0.303. The molecule has 0 unspecified atom stereocenters. The number of hydrogen-bond acceptors (Lipinski definition) is 1. The molecule has 0 bridgehead atoms. The van der Waals surface area contributed by atoms with Crippen LogP contribution in [-0.2, 0) is 0 Å². The van der Waals surface area contributed by atoms with Crippen LogP contribution in [0.15, 0.2) is 78.9 Å². The minimum absolute atomic E-state index is 0.303. The van der Waals surface area contributed by atoms with Crippen LogP contribution in [0.4, 0.5) is 0 Å². The molecular formula is C22H16O. The van der Waals surface area contributed by atoms with Gasteiger partial charge >= 0.3 is 0 Å². The van der Waals surface area contributed by atoms with Crippen LogP contribution in [0.25, 0.3) is 33.7 Å². The number of rotatable bonds is 2. The van der Waals surface area contributed by atoms with Crippen molar-refractivity contribution in [3.05, 3.63) is 90.0 Å². The van der Waals surface area contributed by atoms with Crippen LogP contribution in [0.5, 0.6) is 5.75 Å². The van der Waals surface area contributed by atoms with Crippen molar-refractivity contribution in [1.82, 2.24) is 0 Å². The van der Waals surface area contributed by atoms with E-state index >= 15 is 0 Å². The standard InChI is InChI=1S/C22H16O/c23-22-12-11-20-14-17(8-10-21(20)15-22)6-5-16-7-9-18-3-1-2-4-19(18)13-16/h1-15,23H/b6-5+. The Morgan fingerprint density at radius 1 is 0.522 bits per heavy atom. The topological polar surface area (TPSA) is 20.2 Å². The predicted octanol–water partition coefficient (Wildman–Crippen LogP) is 5.87. The first-order valence-electron chi connectivity index (χ1n) is 7.68. The fourth-order valence-electron chi connectivity index (χ4n) is 2.86. The van der Waals surface area contributed by atoms with Crippen LogP contribution in [0.3, 0.4) is 0 Å². The molecule has 0 aliphatic carbocycles. The first-order valence-corrected chi connectivity index (χ1v) is 7.68. The molecule has 0 fully saturated rings.